The molecule has 1 atom stereocenters. The minimum Gasteiger partial charge on any atom is -0.407 e. The maximum absolute atomic E-state index is 11.4. The summed E-state index contributed by atoms with van der Waals surface area (Å²) in [5.41, 5.74) is -0.0912. The Balaban J connectivity index is 4.56. The molecule has 0 saturated carbocycles. The minimum atomic E-state index is -1.61. The van der Waals surface area contributed by atoms with Crippen LogP contribution in [0.1, 0.15) is 27.7 Å². The molecule has 1 unspecified atom stereocenters. The standard InChI is InChI=1S/C10H22O2Si/c1-8(11)9(10(2,3)4)12-13(5,6)7/h9H,1-7H3. The molecule has 0 bridgehead atoms. The second kappa shape index (κ2) is 3.92. The molecule has 0 aliphatic rings. The predicted octanol–water partition coefficient (Wildman–Crippen LogP) is 2.84. The Morgan fingerprint density at radius 1 is 1.23 bits per heavy atom. The Morgan fingerprint density at radius 2 is 1.62 bits per heavy atom. The van der Waals surface area contributed by atoms with Crippen molar-refractivity contribution in [2.24, 2.45) is 5.41 Å². The second-order valence-corrected chi connectivity index (χ2v) is 10.0. The summed E-state index contributed by atoms with van der Waals surface area (Å²) in [5, 5.41) is 0. The van der Waals surface area contributed by atoms with Crippen molar-refractivity contribution < 1.29 is 9.22 Å². The van der Waals surface area contributed by atoms with Crippen LogP contribution in [0.4, 0.5) is 0 Å². The van der Waals surface area contributed by atoms with Gasteiger partial charge in [-0.2, -0.15) is 0 Å². The van der Waals surface area contributed by atoms with Crippen LogP contribution in [0, 0.1) is 5.41 Å². The van der Waals surface area contributed by atoms with Crippen molar-refractivity contribution in [2.75, 3.05) is 0 Å². The Bertz CT molecular complexity index is 186. The molecule has 0 rings (SSSR count). The van der Waals surface area contributed by atoms with Crippen molar-refractivity contribution in [3.63, 3.8) is 0 Å². The van der Waals surface area contributed by atoms with Crippen LogP contribution in [-0.4, -0.2) is 20.2 Å². The quantitative estimate of drug-likeness (QED) is 0.658. The first kappa shape index (κ1) is 12.8. The van der Waals surface area contributed by atoms with Crippen LogP contribution in [0.2, 0.25) is 19.6 Å². The molecule has 0 fully saturated rings. The maximum Gasteiger partial charge on any atom is 0.184 e. The minimum absolute atomic E-state index is 0.0912. The maximum atomic E-state index is 11.4. The molecule has 3 heteroatoms. The molecule has 0 amide bonds. The Kier molecular flexibility index (Phi) is 3.88. The third-order valence-corrected chi connectivity index (χ3v) is 2.57. The second-order valence-electron chi connectivity index (χ2n) is 5.59. The summed E-state index contributed by atoms with van der Waals surface area (Å²) >= 11 is 0. The first-order valence-electron chi connectivity index (χ1n) is 4.72. The fourth-order valence-corrected chi connectivity index (χ4v) is 2.45. The fraction of sp³-hybridized carbons (Fsp3) is 0.900. The zero-order chi connectivity index (χ0) is 10.9. The van der Waals surface area contributed by atoms with Gasteiger partial charge in [-0.1, -0.05) is 20.8 Å². The predicted molar refractivity (Wildman–Crippen MR) is 58.4 cm³/mol. The molecule has 0 saturated heterocycles. The number of hydrogen-bond donors (Lipinski definition) is 0. The Morgan fingerprint density at radius 3 is 1.69 bits per heavy atom. The molecule has 0 N–H and O–H groups in total. The van der Waals surface area contributed by atoms with Crippen molar-refractivity contribution in [3.8, 4) is 0 Å². The lowest BCUT2D eigenvalue weighted by atomic mass is 9.87. The van der Waals surface area contributed by atoms with Gasteiger partial charge in [0.2, 0.25) is 0 Å². The lowest BCUT2D eigenvalue weighted by Crippen LogP contribution is -2.43. The van der Waals surface area contributed by atoms with Gasteiger partial charge in [-0.05, 0) is 32.0 Å². The van der Waals surface area contributed by atoms with E-state index in [4.69, 9.17) is 4.43 Å². The summed E-state index contributed by atoms with van der Waals surface area (Å²) < 4.78 is 5.85. The van der Waals surface area contributed by atoms with E-state index >= 15 is 0 Å². The van der Waals surface area contributed by atoms with Gasteiger partial charge >= 0.3 is 0 Å². The zero-order valence-corrected chi connectivity index (χ0v) is 10.9. The van der Waals surface area contributed by atoms with E-state index in [1.807, 2.05) is 20.8 Å². The molecule has 0 radical (unpaired) electrons. The summed E-state index contributed by atoms with van der Waals surface area (Å²) in [4.78, 5) is 11.4. The van der Waals surface area contributed by atoms with Crippen molar-refractivity contribution in [3.05, 3.63) is 0 Å². The smallest absolute Gasteiger partial charge is 0.184 e. The summed E-state index contributed by atoms with van der Waals surface area (Å²) in [6.07, 6.45) is -0.251. The van der Waals surface area contributed by atoms with E-state index in [1.54, 1.807) is 6.92 Å². The van der Waals surface area contributed by atoms with E-state index in [0.29, 0.717) is 0 Å². The van der Waals surface area contributed by atoms with Gasteiger partial charge in [0, 0.05) is 0 Å². The lowest BCUT2D eigenvalue weighted by molar-refractivity contribution is -0.128. The van der Waals surface area contributed by atoms with Gasteiger partial charge in [0.15, 0.2) is 14.1 Å². The molecule has 2 nitrogen and oxygen atoms in total. The number of Topliss-reactive ketones (excluding diaryl/α,β-unsaturated/α-hetero) is 1. The average molecular weight is 202 g/mol. The van der Waals surface area contributed by atoms with Crippen molar-refractivity contribution in [2.45, 2.75) is 53.4 Å². The van der Waals surface area contributed by atoms with Crippen molar-refractivity contribution >= 4 is 14.1 Å². The number of hydrogen-bond acceptors (Lipinski definition) is 2. The van der Waals surface area contributed by atoms with Crippen LogP contribution in [0.3, 0.4) is 0 Å². The van der Waals surface area contributed by atoms with Crippen LogP contribution in [-0.2, 0) is 9.22 Å². The van der Waals surface area contributed by atoms with Crippen molar-refractivity contribution in [1.82, 2.24) is 0 Å². The topological polar surface area (TPSA) is 26.3 Å². The third kappa shape index (κ3) is 5.21. The summed E-state index contributed by atoms with van der Waals surface area (Å²) in [6, 6.07) is 0. The summed E-state index contributed by atoms with van der Waals surface area (Å²) in [7, 11) is -1.61. The van der Waals surface area contributed by atoms with Gasteiger partial charge in [0.05, 0.1) is 0 Å². The summed E-state index contributed by atoms with van der Waals surface area (Å²) in [5.74, 6) is 0.134. The van der Waals surface area contributed by atoms with E-state index < -0.39 is 8.32 Å². The van der Waals surface area contributed by atoms with Gasteiger partial charge in [-0.25, -0.2) is 0 Å². The van der Waals surface area contributed by atoms with E-state index in [9.17, 15) is 4.79 Å². The first-order valence-corrected chi connectivity index (χ1v) is 8.13. The number of rotatable bonds is 3. The Labute approximate surface area is 82.8 Å². The zero-order valence-electron chi connectivity index (χ0n) is 9.89. The highest BCUT2D eigenvalue weighted by molar-refractivity contribution is 6.69. The first-order chi connectivity index (χ1) is 5.54. The molecule has 0 heterocycles. The van der Waals surface area contributed by atoms with E-state index in [2.05, 4.69) is 19.6 Å². The molecule has 0 aromatic rings. The SMILES string of the molecule is CC(=O)C(O[Si](C)(C)C)C(C)(C)C. The van der Waals surface area contributed by atoms with Crippen LogP contribution < -0.4 is 0 Å². The van der Waals surface area contributed by atoms with Gasteiger partial charge in [0.25, 0.3) is 0 Å². The normalized spacial score (nSPS) is 15.6. The summed E-state index contributed by atoms with van der Waals surface area (Å²) in [6.45, 7) is 14.0. The Hall–Kier alpha value is -0.153. The molecule has 0 aromatic heterocycles. The van der Waals surface area contributed by atoms with Gasteiger partial charge in [-0.15, -0.1) is 0 Å². The molecule has 78 valence electrons. The molecule has 0 aliphatic heterocycles. The molecule has 0 aliphatic carbocycles. The monoisotopic (exact) mass is 202 g/mol. The molecular formula is C10H22O2Si. The number of carbonyl (C=O) groups is 1. The van der Waals surface area contributed by atoms with Gasteiger partial charge in [0.1, 0.15) is 6.10 Å². The largest absolute Gasteiger partial charge is 0.407 e. The highest BCUT2D eigenvalue weighted by atomic mass is 28.4. The molecule has 0 spiro atoms. The van der Waals surface area contributed by atoms with Gasteiger partial charge in [-0.3, -0.25) is 4.79 Å². The highest BCUT2D eigenvalue weighted by Gasteiger charge is 2.33. The van der Waals surface area contributed by atoms with Crippen LogP contribution in [0.5, 0.6) is 0 Å². The fourth-order valence-electron chi connectivity index (χ4n) is 1.22. The average Bonchev–Trinajstić information content (AvgIpc) is 1.77. The highest BCUT2D eigenvalue weighted by Crippen LogP contribution is 2.25. The van der Waals surface area contributed by atoms with Crippen LogP contribution in [0.15, 0.2) is 0 Å². The lowest BCUT2D eigenvalue weighted by Gasteiger charge is -2.33. The van der Waals surface area contributed by atoms with E-state index in [-0.39, 0.29) is 17.3 Å². The molecule has 13 heavy (non-hydrogen) atoms. The van der Waals surface area contributed by atoms with Gasteiger partial charge < -0.3 is 4.43 Å². The number of ketones is 1. The van der Waals surface area contributed by atoms with E-state index in [1.165, 1.54) is 0 Å². The number of carbonyl (C=O) groups excluding carboxylic acids is 1. The van der Waals surface area contributed by atoms with Crippen LogP contribution >= 0.6 is 0 Å². The van der Waals surface area contributed by atoms with E-state index in [0.717, 1.165) is 0 Å². The third-order valence-electron chi connectivity index (χ3n) is 1.63. The van der Waals surface area contributed by atoms with Crippen LogP contribution in [0.25, 0.3) is 0 Å². The molecular weight excluding hydrogens is 180 g/mol. The van der Waals surface area contributed by atoms with Crippen molar-refractivity contribution in [1.29, 1.82) is 0 Å². The molecule has 0 aromatic carbocycles.